The molecule has 2 heterocycles. The highest BCUT2D eigenvalue weighted by Crippen LogP contribution is 2.40. The molecule has 2 aliphatic rings. The summed E-state index contributed by atoms with van der Waals surface area (Å²) in [6.45, 7) is 6.46. The van der Waals surface area contributed by atoms with Crippen LogP contribution in [0.4, 0.5) is 0 Å². The van der Waals surface area contributed by atoms with Gasteiger partial charge in [-0.1, -0.05) is 6.07 Å². The molecule has 0 saturated carbocycles. The highest BCUT2D eigenvalue weighted by Gasteiger charge is 2.43. The Bertz CT molecular complexity index is 1090. The molecule has 1 N–H and O–H groups in total. The van der Waals surface area contributed by atoms with E-state index in [4.69, 9.17) is 4.74 Å². The van der Waals surface area contributed by atoms with Gasteiger partial charge in [-0.2, -0.15) is 0 Å². The van der Waals surface area contributed by atoms with Crippen LogP contribution in [0.5, 0.6) is 5.75 Å². The van der Waals surface area contributed by atoms with E-state index in [2.05, 4.69) is 4.99 Å². The van der Waals surface area contributed by atoms with Crippen LogP contribution < -0.4 is 4.74 Å². The van der Waals surface area contributed by atoms with Crippen molar-refractivity contribution in [2.75, 3.05) is 20.1 Å². The molecular weight excluding hydrogens is 404 g/mol. The van der Waals surface area contributed by atoms with Crippen molar-refractivity contribution in [2.45, 2.75) is 51.2 Å². The number of amides is 1. The summed E-state index contributed by atoms with van der Waals surface area (Å²) in [4.78, 5) is 31.8. The Labute approximate surface area is 188 Å². The number of Topliss-reactive ketones (excluding diaryl/α,β-unsaturated/α-hetero) is 1. The van der Waals surface area contributed by atoms with Crippen molar-refractivity contribution in [3.63, 3.8) is 0 Å². The number of fused-ring (bicyclic) bond motifs is 1. The number of hydrogen-bond acceptors (Lipinski definition) is 5. The molecule has 1 spiro atoms. The van der Waals surface area contributed by atoms with Gasteiger partial charge in [0.15, 0.2) is 5.78 Å². The van der Waals surface area contributed by atoms with Crippen LogP contribution in [-0.4, -0.2) is 53.6 Å². The monoisotopic (exact) mass is 434 g/mol. The number of hydrogen-bond donors (Lipinski definition) is 1. The van der Waals surface area contributed by atoms with Gasteiger partial charge in [0.25, 0.3) is 5.91 Å². The van der Waals surface area contributed by atoms with Crippen molar-refractivity contribution < 1.29 is 19.4 Å². The predicted octanol–water partition coefficient (Wildman–Crippen LogP) is 3.91. The Kier molecular flexibility index (Phi) is 5.67. The Hall–Kier alpha value is -2.99. The molecule has 2 aliphatic heterocycles. The standard InChI is InChI=1S/C26H30N2O4/c1-17-13-19(6-7-21(17)25(2,3)31)24(30)28-11-9-26(10-12-28)15-22(29)20-14-18(16-27-4)5-8-23(20)32-26/h5-8,13-14,16,31H,9-12,15H2,1-4H3. The van der Waals surface area contributed by atoms with Crippen LogP contribution in [0.2, 0.25) is 0 Å². The van der Waals surface area contributed by atoms with Crippen molar-refractivity contribution in [1.29, 1.82) is 0 Å². The van der Waals surface area contributed by atoms with Gasteiger partial charge in [0.2, 0.25) is 0 Å². The van der Waals surface area contributed by atoms with Crippen molar-refractivity contribution >= 4 is 17.9 Å². The summed E-state index contributed by atoms with van der Waals surface area (Å²) in [6, 6.07) is 11.0. The van der Waals surface area contributed by atoms with Crippen LogP contribution >= 0.6 is 0 Å². The van der Waals surface area contributed by atoms with E-state index >= 15 is 0 Å². The zero-order valence-electron chi connectivity index (χ0n) is 19.1. The average molecular weight is 435 g/mol. The van der Waals surface area contributed by atoms with Gasteiger partial charge < -0.3 is 14.7 Å². The molecule has 1 saturated heterocycles. The molecule has 2 aromatic carbocycles. The maximum atomic E-state index is 13.1. The third-order valence-corrected chi connectivity index (χ3v) is 6.49. The van der Waals surface area contributed by atoms with E-state index in [1.54, 1.807) is 33.2 Å². The van der Waals surface area contributed by atoms with Crippen LogP contribution in [0.15, 0.2) is 41.4 Å². The van der Waals surface area contributed by atoms with E-state index in [1.165, 1.54) is 0 Å². The maximum absolute atomic E-state index is 13.1. The number of ether oxygens (including phenoxy) is 1. The molecule has 0 aromatic heterocycles. The molecule has 0 bridgehead atoms. The summed E-state index contributed by atoms with van der Waals surface area (Å²) in [6.07, 6.45) is 3.28. The molecule has 0 unspecified atom stereocenters. The first-order valence-corrected chi connectivity index (χ1v) is 11.0. The summed E-state index contributed by atoms with van der Waals surface area (Å²) >= 11 is 0. The van der Waals surface area contributed by atoms with Crippen LogP contribution in [0.3, 0.4) is 0 Å². The topological polar surface area (TPSA) is 79.2 Å². The normalized spacial score (nSPS) is 18.0. The Balaban J connectivity index is 1.47. The lowest BCUT2D eigenvalue weighted by Gasteiger charge is -2.44. The Morgan fingerprint density at radius 2 is 1.91 bits per heavy atom. The molecule has 6 nitrogen and oxygen atoms in total. The van der Waals surface area contributed by atoms with Gasteiger partial charge in [-0.15, -0.1) is 0 Å². The first kappa shape index (κ1) is 22.2. The minimum atomic E-state index is -0.950. The number of carbonyl (C=O) groups excluding carboxylic acids is 2. The molecule has 0 radical (unpaired) electrons. The second-order valence-corrected chi connectivity index (χ2v) is 9.41. The van der Waals surface area contributed by atoms with Crippen molar-refractivity contribution in [2.24, 2.45) is 4.99 Å². The smallest absolute Gasteiger partial charge is 0.253 e. The zero-order chi connectivity index (χ0) is 23.1. The van der Waals surface area contributed by atoms with Gasteiger partial charge in [0, 0.05) is 44.8 Å². The second kappa shape index (κ2) is 8.17. The van der Waals surface area contributed by atoms with Gasteiger partial charge in [0.05, 0.1) is 17.6 Å². The Morgan fingerprint density at radius 1 is 1.19 bits per heavy atom. The lowest BCUT2D eigenvalue weighted by molar-refractivity contribution is -0.00573. The van der Waals surface area contributed by atoms with Crippen molar-refractivity contribution in [3.8, 4) is 5.75 Å². The van der Waals surface area contributed by atoms with Crippen LogP contribution in [0, 0.1) is 6.92 Å². The number of carbonyl (C=O) groups is 2. The van der Waals surface area contributed by atoms with Crippen molar-refractivity contribution in [3.05, 3.63) is 64.2 Å². The molecule has 32 heavy (non-hydrogen) atoms. The zero-order valence-corrected chi connectivity index (χ0v) is 19.1. The SMILES string of the molecule is CN=Cc1ccc2c(c1)C(=O)CC1(CCN(C(=O)c3ccc(C(C)(C)O)c(C)c3)CC1)O2. The average Bonchev–Trinajstić information content (AvgIpc) is 2.73. The summed E-state index contributed by atoms with van der Waals surface area (Å²) in [5.41, 5.74) is 2.30. The van der Waals surface area contributed by atoms with Gasteiger partial charge in [-0.05, 0) is 67.8 Å². The number of likely N-dealkylation sites (tertiary alicyclic amines) is 1. The number of rotatable bonds is 3. The number of piperidine rings is 1. The van der Waals surface area contributed by atoms with E-state index in [0.717, 1.165) is 16.7 Å². The number of aryl methyl sites for hydroxylation is 1. The van der Waals surface area contributed by atoms with E-state index < -0.39 is 11.2 Å². The summed E-state index contributed by atoms with van der Waals surface area (Å²) in [7, 11) is 1.70. The fourth-order valence-electron chi connectivity index (χ4n) is 4.80. The van der Waals surface area contributed by atoms with Gasteiger partial charge in [-0.25, -0.2) is 0 Å². The lowest BCUT2D eigenvalue weighted by Crippen LogP contribution is -2.52. The highest BCUT2D eigenvalue weighted by atomic mass is 16.5. The minimum absolute atomic E-state index is 0.0312. The number of aliphatic hydroxyl groups is 1. The van der Waals surface area contributed by atoms with Crippen molar-refractivity contribution in [1.82, 2.24) is 4.90 Å². The first-order chi connectivity index (χ1) is 15.1. The molecule has 4 rings (SSSR count). The molecule has 0 aliphatic carbocycles. The highest BCUT2D eigenvalue weighted by molar-refractivity contribution is 6.02. The fourth-order valence-corrected chi connectivity index (χ4v) is 4.80. The van der Waals surface area contributed by atoms with Gasteiger partial charge in [-0.3, -0.25) is 14.6 Å². The lowest BCUT2D eigenvalue weighted by atomic mass is 9.82. The third-order valence-electron chi connectivity index (χ3n) is 6.49. The quantitative estimate of drug-likeness (QED) is 0.743. The van der Waals surface area contributed by atoms with Crippen LogP contribution in [0.25, 0.3) is 0 Å². The van der Waals surface area contributed by atoms with E-state index in [0.29, 0.717) is 49.2 Å². The predicted molar refractivity (Wildman–Crippen MR) is 124 cm³/mol. The maximum Gasteiger partial charge on any atom is 0.253 e. The molecule has 1 amide bonds. The number of benzene rings is 2. The van der Waals surface area contributed by atoms with Crippen LogP contribution in [0.1, 0.15) is 70.5 Å². The summed E-state index contributed by atoms with van der Waals surface area (Å²) in [5, 5.41) is 10.3. The van der Waals surface area contributed by atoms with Gasteiger partial charge >= 0.3 is 0 Å². The van der Waals surface area contributed by atoms with E-state index in [1.807, 2.05) is 42.2 Å². The van der Waals surface area contributed by atoms with Crippen LogP contribution in [-0.2, 0) is 5.60 Å². The largest absolute Gasteiger partial charge is 0.486 e. The van der Waals surface area contributed by atoms with E-state index in [-0.39, 0.29) is 11.7 Å². The Morgan fingerprint density at radius 3 is 2.53 bits per heavy atom. The molecular formula is C26H30N2O4. The molecule has 2 aromatic rings. The number of aliphatic imine (C=N–C) groups is 1. The summed E-state index contributed by atoms with van der Waals surface area (Å²) < 4.78 is 6.34. The van der Waals surface area contributed by atoms with E-state index in [9.17, 15) is 14.7 Å². The third kappa shape index (κ3) is 4.19. The number of nitrogens with zero attached hydrogens (tertiary/aromatic N) is 2. The second-order valence-electron chi connectivity index (χ2n) is 9.41. The molecule has 0 atom stereocenters. The molecule has 1 fully saturated rings. The van der Waals surface area contributed by atoms with Gasteiger partial charge in [0.1, 0.15) is 11.4 Å². The fraction of sp³-hybridized carbons (Fsp3) is 0.423. The molecule has 168 valence electrons. The molecule has 6 heteroatoms. The summed E-state index contributed by atoms with van der Waals surface area (Å²) in [5.74, 6) is 0.665. The minimum Gasteiger partial charge on any atom is -0.486 e. The first-order valence-electron chi connectivity index (χ1n) is 11.0. The number of ketones is 1.